The van der Waals surface area contributed by atoms with Crippen molar-refractivity contribution < 1.29 is 4.79 Å². The third-order valence-corrected chi connectivity index (χ3v) is 4.67. The number of amides is 1. The van der Waals surface area contributed by atoms with Gasteiger partial charge < -0.3 is 10.2 Å². The lowest BCUT2D eigenvalue weighted by molar-refractivity contribution is 0.0939. The van der Waals surface area contributed by atoms with E-state index in [2.05, 4.69) is 25.5 Å². The molecule has 0 atom stereocenters. The number of rotatable bonds is 6. The van der Waals surface area contributed by atoms with Crippen molar-refractivity contribution in [2.75, 3.05) is 26.2 Å². The van der Waals surface area contributed by atoms with Crippen molar-refractivity contribution in [2.45, 2.75) is 19.3 Å². The molecule has 134 valence electrons. The van der Waals surface area contributed by atoms with Crippen molar-refractivity contribution in [1.29, 1.82) is 0 Å². The van der Waals surface area contributed by atoms with Crippen LogP contribution in [0.1, 0.15) is 29.9 Å². The summed E-state index contributed by atoms with van der Waals surface area (Å²) in [6.45, 7) is 4.00. The number of carbonyl (C=O) groups is 1. The van der Waals surface area contributed by atoms with E-state index in [1.54, 1.807) is 0 Å². The van der Waals surface area contributed by atoms with Crippen LogP contribution in [0.3, 0.4) is 0 Å². The molecule has 26 heavy (non-hydrogen) atoms. The zero-order chi connectivity index (χ0) is 17.8. The molecular weight excluding hydrogens is 328 g/mol. The molecule has 3 heterocycles. The van der Waals surface area contributed by atoms with Gasteiger partial charge in [0.15, 0.2) is 5.65 Å². The second-order valence-corrected chi connectivity index (χ2v) is 6.54. The fourth-order valence-electron chi connectivity index (χ4n) is 3.28. The first-order valence-electron chi connectivity index (χ1n) is 9.10. The maximum atomic E-state index is 12.5. The van der Waals surface area contributed by atoms with Gasteiger partial charge in [-0.15, -0.1) is 10.2 Å². The fourth-order valence-corrected chi connectivity index (χ4v) is 3.28. The minimum atomic E-state index is -0.239. The number of likely N-dealkylation sites (tertiary alicyclic amines) is 1. The first kappa shape index (κ1) is 16.7. The minimum Gasteiger partial charge on any atom is -0.349 e. The van der Waals surface area contributed by atoms with Crippen molar-refractivity contribution in [3.63, 3.8) is 0 Å². The molecule has 1 fully saturated rings. The molecule has 2 aromatic heterocycles. The Morgan fingerprint density at radius 1 is 1.04 bits per heavy atom. The predicted molar refractivity (Wildman–Crippen MR) is 98.8 cm³/mol. The van der Waals surface area contributed by atoms with E-state index in [1.807, 2.05) is 42.5 Å². The molecule has 0 aliphatic carbocycles. The van der Waals surface area contributed by atoms with Crippen LogP contribution in [0.5, 0.6) is 0 Å². The molecule has 0 radical (unpaired) electrons. The molecule has 1 amide bonds. The largest absolute Gasteiger partial charge is 0.349 e. The van der Waals surface area contributed by atoms with Gasteiger partial charge in [0.05, 0.1) is 5.69 Å². The van der Waals surface area contributed by atoms with Crippen LogP contribution in [0, 0.1) is 0 Å². The Kier molecular flexibility index (Phi) is 4.88. The van der Waals surface area contributed by atoms with E-state index in [1.165, 1.54) is 30.4 Å². The number of benzene rings is 1. The Hall–Kier alpha value is -2.80. The van der Waals surface area contributed by atoms with Crippen LogP contribution in [0.4, 0.5) is 0 Å². The van der Waals surface area contributed by atoms with Gasteiger partial charge in [0.2, 0.25) is 5.82 Å². The standard InChI is InChI=1S/C19H22N6O/c26-19(20-11-6-14-24-12-4-5-13-24)18-22-21-17-10-9-16(23-25(17)18)15-7-2-1-3-8-15/h1-3,7-10H,4-6,11-14H2,(H,20,26). The normalized spacial score (nSPS) is 14.8. The van der Waals surface area contributed by atoms with Gasteiger partial charge in [-0.05, 0) is 51.0 Å². The van der Waals surface area contributed by atoms with Gasteiger partial charge in [0, 0.05) is 12.1 Å². The molecule has 7 nitrogen and oxygen atoms in total. The summed E-state index contributed by atoms with van der Waals surface area (Å²) < 4.78 is 1.51. The highest BCUT2D eigenvalue weighted by molar-refractivity contribution is 5.91. The molecule has 0 spiro atoms. The number of aromatic nitrogens is 4. The molecule has 4 rings (SSSR count). The summed E-state index contributed by atoms with van der Waals surface area (Å²) in [5.41, 5.74) is 2.33. The molecular formula is C19H22N6O. The smallest absolute Gasteiger partial charge is 0.291 e. The quantitative estimate of drug-likeness (QED) is 0.688. The molecule has 1 aliphatic rings. The lowest BCUT2D eigenvalue weighted by Gasteiger charge is -2.14. The lowest BCUT2D eigenvalue weighted by Crippen LogP contribution is -2.30. The molecule has 7 heteroatoms. The van der Waals surface area contributed by atoms with Crippen LogP contribution in [-0.2, 0) is 0 Å². The van der Waals surface area contributed by atoms with Gasteiger partial charge in [-0.2, -0.15) is 9.61 Å². The Balaban J connectivity index is 1.44. The summed E-state index contributed by atoms with van der Waals surface area (Å²) in [7, 11) is 0. The van der Waals surface area contributed by atoms with Crippen LogP contribution in [0.2, 0.25) is 0 Å². The number of hydrogen-bond acceptors (Lipinski definition) is 5. The summed E-state index contributed by atoms with van der Waals surface area (Å²) in [4.78, 5) is 14.9. The second-order valence-electron chi connectivity index (χ2n) is 6.54. The maximum absolute atomic E-state index is 12.5. The number of fused-ring (bicyclic) bond motifs is 1. The second kappa shape index (κ2) is 7.61. The van der Waals surface area contributed by atoms with Crippen molar-refractivity contribution in [1.82, 2.24) is 30.0 Å². The first-order chi connectivity index (χ1) is 12.8. The van der Waals surface area contributed by atoms with Gasteiger partial charge in [0.1, 0.15) is 0 Å². The third kappa shape index (κ3) is 3.57. The van der Waals surface area contributed by atoms with E-state index in [0.29, 0.717) is 12.2 Å². The minimum absolute atomic E-state index is 0.221. The highest BCUT2D eigenvalue weighted by atomic mass is 16.2. The molecule has 3 aromatic rings. The number of nitrogens with one attached hydrogen (secondary N) is 1. The Morgan fingerprint density at radius 3 is 2.65 bits per heavy atom. The zero-order valence-corrected chi connectivity index (χ0v) is 14.6. The van der Waals surface area contributed by atoms with Crippen LogP contribution in [-0.4, -0.2) is 56.8 Å². The van der Waals surface area contributed by atoms with Crippen molar-refractivity contribution >= 4 is 11.6 Å². The first-order valence-corrected chi connectivity index (χ1v) is 9.10. The fraction of sp³-hybridized carbons (Fsp3) is 0.368. The third-order valence-electron chi connectivity index (χ3n) is 4.67. The van der Waals surface area contributed by atoms with E-state index in [9.17, 15) is 4.79 Å². The van der Waals surface area contributed by atoms with E-state index in [4.69, 9.17) is 0 Å². The van der Waals surface area contributed by atoms with Crippen LogP contribution >= 0.6 is 0 Å². The van der Waals surface area contributed by atoms with Crippen molar-refractivity contribution in [2.24, 2.45) is 0 Å². The number of nitrogens with zero attached hydrogens (tertiary/aromatic N) is 5. The highest BCUT2D eigenvalue weighted by Gasteiger charge is 2.16. The highest BCUT2D eigenvalue weighted by Crippen LogP contribution is 2.16. The van der Waals surface area contributed by atoms with Gasteiger partial charge in [0.25, 0.3) is 5.91 Å². The Labute approximate surface area is 152 Å². The van der Waals surface area contributed by atoms with Gasteiger partial charge in [-0.3, -0.25) is 4.79 Å². The SMILES string of the molecule is O=C(NCCCN1CCCC1)c1nnc2ccc(-c3ccccc3)nn12. The van der Waals surface area contributed by atoms with Crippen LogP contribution in [0.15, 0.2) is 42.5 Å². The molecule has 1 saturated heterocycles. The van der Waals surface area contributed by atoms with E-state index < -0.39 is 0 Å². The number of hydrogen-bond donors (Lipinski definition) is 1. The van der Waals surface area contributed by atoms with Gasteiger partial charge in [-0.25, -0.2) is 0 Å². The molecule has 1 N–H and O–H groups in total. The Morgan fingerprint density at radius 2 is 1.85 bits per heavy atom. The van der Waals surface area contributed by atoms with Crippen LogP contribution < -0.4 is 5.32 Å². The average molecular weight is 350 g/mol. The van der Waals surface area contributed by atoms with Crippen LogP contribution in [0.25, 0.3) is 16.9 Å². The molecule has 0 unspecified atom stereocenters. The summed E-state index contributed by atoms with van der Waals surface area (Å²) in [5.74, 6) is -0.0180. The summed E-state index contributed by atoms with van der Waals surface area (Å²) in [6, 6.07) is 13.6. The molecule has 1 aromatic carbocycles. The molecule has 0 bridgehead atoms. The molecule has 0 saturated carbocycles. The average Bonchev–Trinajstić information content (AvgIpc) is 3.35. The molecule has 1 aliphatic heterocycles. The maximum Gasteiger partial charge on any atom is 0.291 e. The predicted octanol–water partition coefficient (Wildman–Crippen LogP) is 2.01. The van der Waals surface area contributed by atoms with Crippen molar-refractivity contribution in [3.05, 3.63) is 48.3 Å². The van der Waals surface area contributed by atoms with Gasteiger partial charge in [-0.1, -0.05) is 30.3 Å². The lowest BCUT2D eigenvalue weighted by atomic mass is 10.1. The number of carbonyl (C=O) groups excluding carboxylic acids is 1. The van der Waals surface area contributed by atoms with Crippen molar-refractivity contribution in [3.8, 4) is 11.3 Å². The van der Waals surface area contributed by atoms with E-state index >= 15 is 0 Å². The zero-order valence-electron chi connectivity index (χ0n) is 14.6. The monoisotopic (exact) mass is 350 g/mol. The van der Waals surface area contributed by atoms with E-state index in [0.717, 1.165) is 24.2 Å². The summed E-state index contributed by atoms with van der Waals surface area (Å²) >= 11 is 0. The topological polar surface area (TPSA) is 75.4 Å². The Bertz CT molecular complexity index is 885. The summed E-state index contributed by atoms with van der Waals surface area (Å²) in [6.07, 6.45) is 3.51. The summed E-state index contributed by atoms with van der Waals surface area (Å²) in [5, 5.41) is 15.5. The van der Waals surface area contributed by atoms with Gasteiger partial charge >= 0.3 is 0 Å². The van der Waals surface area contributed by atoms with E-state index in [-0.39, 0.29) is 11.7 Å².